The molecule has 0 saturated carbocycles. The number of aromatic nitrogens is 2. The highest BCUT2D eigenvalue weighted by Gasteiger charge is 2.27. The molecule has 15 heavy (non-hydrogen) atoms. The van der Waals surface area contributed by atoms with Crippen LogP contribution in [0.4, 0.5) is 0 Å². The fourth-order valence-corrected chi connectivity index (χ4v) is 2.82. The maximum atomic E-state index is 5.84. The van der Waals surface area contributed by atoms with Crippen LogP contribution in [0.3, 0.4) is 0 Å². The Kier molecular flexibility index (Phi) is 3.66. The van der Waals surface area contributed by atoms with Crippen molar-refractivity contribution < 1.29 is 0 Å². The Hall–Kier alpha value is -0.520. The first kappa shape index (κ1) is 11.0. The zero-order chi connectivity index (χ0) is 10.7. The molecule has 1 aliphatic heterocycles. The summed E-state index contributed by atoms with van der Waals surface area (Å²) >= 11 is 1.42. The quantitative estimate of drug-likeness (QED) is 0.838. The van der Waals surface area contributed by atoms with Crippen LogP contribution in [0, 0.1) is 5.92 Å². The van der Waals surface area contributed by atoms with E-state index in [9.17, 15) is 0 Å². The minimum Gasteiger partial charge on any atom is -0.329 e. The van der Waals surface area contributed by atoms with E-state index in [0.29, 0.717) is 12.0 Å². The van der Waals surface area contributed by atoms with Crippen molar-refractivity contribution >= 4 is 11.5 Å². The van der Waals surface area contributed by atoms with Crippen LogP contribution in [0.15, 0.2) is 5.38 Å². The maximum absolute atomic E-state index is 5.84. The monoisotopic (exact) mass is 226 g/mol. The largest absolute Gasteiger partial charge is 0.329 e. The molecule has 1 fully saturated rings. The summed E-state index contributed by atoms with van der Waals surface area (Å²) in [6.45, 7) is 5.09. The van der Waals surface area contributed by atoms with Crippen LogP contribution in [0.1, 0.15) is 25.5 Å². The van der Waals surface area contributed by atoms with Crippen molar-refractivity contribution in [3.63, 3.8) is 0 Å². The molecule has 2 unspecified atom stereocenters. The molecule has 0 aliphatic carbocycles. The number of likely N-dealkylation sites (tertiary alicyclic amines) is 1. The molecular weight excluding hydrogens is 208 g/mol. The van der Waals surface area contributed by atoms with Crippen molar-refractivity contribution in [3.8, 4) is 0 Å². The SMILES string of the molecule is CC1CCCN(Cc2csnn2)C1CN. The van der Waals surface area contributed by atoms with Crippen molar-refractivity contribution in [3.05, 3.63) is 11.1 Å². The highest BCUT2D eigenvalue weighted by Crippen LogP contribution is 2.23. The second-order valence-electron chi connectivity index (χ2n) is 4.29. The molecule has 1 aromatic rings. The Morgan fingerprint density at radius 3 is 3.20 bits per heavy atom. The van der Waals surface area contributed by atoms with E-state index in [-0.39, 0.29) is 0 Å². The third kappa shape index (κ3) is 2.53. The van der Waals surface area contributed by atoms with Crippen molar-refractivity contribution in [2.45, 2.75) is 32.4 Å². The number of rotatable bonds is 3. The van der Waals surface area contributed by atoms with Gasteiger partial charge >= 0.3 is 0 Å². The molecule has 2 heterocycles. The molecule has 0 amide bonds. The molecule has 0 spiro atoms. The third-order valence-corrected chi connectivity index (χ3v) is 3.80. The predicted molar refractivity (Wildman–Crippen MR) is 61.6 cm³/mol. The van der Waals surface area contributed by atoms with Gasteiger partial charge in [0.1, 0.15) is 0 Å². The van der Waals surface area contributed by atoms with Crippen LogP contribution in [0.25, 0.3) is 0 Å². The van der Waals surface area contributed by atoms with Crippen molar-refractivity contribution in [2.24, 2.45) is 11.7 Å². The van der Waals surface area contributed by atoms with Crippen LogP contribution >= 0.6 is 11.5 Å². The summed E-state index contributed by atoms with van der Waals surface area (Å²) in [6.07, 6.45) is 2.57. The van der Waals surface area contributed by atoms with Crippen LogP contribution in [0.2, 0.25) is 0 Å². The highest BCUT2D eigenvalue weighted by molar-refractivity contribution is 7.03. The van der Waals surface area contributed by atoms with E-state index in [1.165, 1.54) is 24.4 Å². The zero-order valence-corrected chi connectivity index (χ0v) is 9.91. The Morgan fingerprint density at radius 2 is 2.53 bits per heavy atom. The first-order valence-corrected chi connectivity index (χ1v) is 6.35. The molecule has 1 aromatic heterocycles. The lowest BCUT2D eigenvalue weighted by molar-refractivity contribution is 0.0978. The van der Waals surface area contributed by atoms with Crippen LogP contribution in [-0.4, -0.2) is 33.6 Å². The van der Waals surface area contributed by atoms with E-state index in [1.54, 1.807) is 0 Å². The number of hydrogen-bond donors (Lipinski definition) is 1. The number of piperidine rings is 1. The summed E-state index contributed by atoms with van der Waals surface area (Å²) < 4.78 is 3.89. The van der Waals surface area contributed by atoms with Crippen LogP contribution in [0.5, 0.6) is 0 Å². The minimum atomic E-state index is 0.514. The Bertz CT molecular complexity index is 288. The summed E-state index contributed by atoms with van der Waals surface area (Å²) in [5.41, 5.74) is 6.91. The van der Waals surface area contributed by atoms with Gasteiger partial charge in [0.2, 0.25) is 0 Å². The lowest BCUT2D eigenvalue weighted by Gasteiger charge is -2.38. The number of nitrogens with zero attached hydrogens (tertiary/aromatic N) is 3. The summed E-state index contributed by atoms with van der Waals surface area (Å²) in [5, 5.41) is 6.11. The Balaban J connectivity index is 2.00. The molecule has 2 N–H and O–H groups in total. The molecule has 0 bridgehead atoms. The van der Waals surface area contributed by atoms with Crippen LogP contribution < -0.4 is 5.73 Å². The van der Waals surface area contributed by atoms with Crippen LogP contribution in [-0.2, 0) is 6.54 Å². The summed E-state index contributed by atoms with van der Waals surface area (Å²) in [6, 6.07) is 0.514. The fraction of sp³-hybridized carbons (Fsp3) is 0.800. The lowest BCUT2D eigenvalue weighted by Crippen LogP contribution is -2.48. The van der Waals surface area contributed by atoms with Crippen molar-refractivity contribution in [1.29, 1.82) is 0 Å². The molecule has 0 radical (unpaired) electrons. The van der Waals surface area contributed by atoms with Gasteiger partial charge in [0, 0.05) is 24.5 Å². The molecule has 4 nitrogen and oxygen atoms in total. The molecule has 5 heteroatoms. The second kappa shape index (κ2) is 5.01. The average Bonchev–Trinajstić information content (AvgIpc) is 2.71. The number of hydrogen-bond acceptors (Lipinski definition) is 5. The summed E-state index contributed by atoms with van der Waals surface area (Å²) in [4.78, 5) is 2.45. The highest BCUT2D eigenvalue weighted by atomic mass is 32.1. The first-order valence-electron chi connectivity index (χ1n) is 5.51. The molecule has 84 valence electrons. The number of nitrogens with two attached hydrogens (primary N) is 1. The standard InChI is InChI=1S/C10H18N4S/c1-8-3-2-4-14(10(8)5-11)6-9-7-15-13-12-9/h7-8,10H,2-6,11H2,1H3. The first-order chi connectivity index (χ1) is 7.31. The van der Waals surface area contributed by atoms with E-state index in [1.807, 2.05) is 5.38 Å². The topological polar surface area (TPSA) is 55.0 Å². The van der Waals surface area contributed by atoms with E-state index < -0.39 is 0 Å². The van der Waals surface area contributed by atoms with E-state index in [0.717, 1.165) is 25.3 Å². The van der Waals surface area contributed by atoms with Gasteiger partial charge in [-0.1, -0.05) is 11.4 Å². The van der Waals surface area contributed by atoms with Gasteiger partial charge in [-0.05, 0) is 36.8 Å². The van der Waals surface area contributed by atoms with E-state index >= 15 is 0 Å². The van der Waals surface area contributed by atoms with Gasteiger partial charge in [-0.3, -0.25) is 4.90 Å². The Morgan fingerprint density at radius 1 is 1.67 bits per heavy atom. The fourth-order valence-electron chi connectivity index (χ4n) is 2.37. The van der Waals surface area contributed by atoms with Gasteiger partial charge < -0.3 is 5.73 Å². The van der Waals surface area contributed by atoms with Gasteiger partial charge in [-0.2, -0.15) is 0 Å². The van der Waals surface area contributed by atoms with Gasteiger partial charge in [-0.25, -0.2) is 0 Å². The lowest BCUT2D eigenvalue weighted by atomic mass is 9.91. The smallest absolute Gasteiger partial charge is 0.0895 e. The zero-order valence-electron chi connectivity index (χ0n) is 9.09. The summed E-state index contributed by atoms with van der Waals surface area (Å²) in [5.74, 6) is 0.704. The molecule has 2 rings (SSSR count). The van der Waals surface area contributed by atoms with Crippen molar-refractivity contribution in [2.75, 3.05) is 13.1 Å². The normalized spacial score (nSPS) is 28.1. The average molecular weight is 226 g/mol. The minimum absolute atomic E-state index is 0.514. The predicted octanol–water partition coefficient (Wildman–Crippen LogP) is 1.10. The molecular formula is C10H18N4S. The third-order valence-electron chi connectivity index (χ3n) is 3.24. The van der Waals surface area contributed by atoms with Gasteiger partial charge in [0.05, 0.1) is 5.69 Å². The van der Waals surface area contributed by atoms with E-state index in [4.69, 9.17) is 5.73 Å². The van der Waals surface area contributed by atoms with Gasteiger partial charge in [-0.15, -0.1) is 5.10 Å². The molecule has 0 aromatic carbocycles. The van der Waals surface area contributed by atoms with Gasteiger partial charge in [0.25, 0.3) is 0 Å². The maximum Gasteiger partial charge on any atom is 0.0895 e. The molecule has 1 saturated heterocycles. The summed E-state index contributed by atoms with van der Waals surface area (Å²) in [7, 11) is 0. The van der Waals surface area contributed by atoms with Gasteiger partial charge in [0.15, 0.2) is 0 Å². The van der Waals surface area contributed by atoms with E-state index in [2.05, 4.69) is 21.4 Å². The second-order valence-corrected chi connectivity index (χ2v) is 4.90. The molecule has 1 aliphatic rings. The molecule has 2 atom stereocenters. The van der Waals surface area contributed by atoms with Crippen molar-refractivity contribution in [1.82, 2.24) is 14.5 Å². The Labute approximate surface area is 94.6 Å².